The summed E-state index contributed by atoms with van der Waals surface area (Å²) in [5.74, 6) is 1.24. The van der Waals surface area contributed by atoms with E-state index in [2.05, 4.69) is 47.2 Å². The van der Waals surface area contributed by atoms with Gasteiger partial charge in [0.15, 0.2) is 5.82 Å². The lowest BCUT2D eigenvalue weighted by atomic mass is 10.0. The first kappa shape index (κ1) is 15.2. The van der Waals surface area contributed by atoms with Crippen molar-refractivity contribution in [2.24, 2.45) is 0 Å². The number of nitrogens with one attached hydrogen (secondary N) is 1. The summed E-state index contributed by atoms with van der Waals surface area (Å²) >= 11 is 1.77. The maximum atomic E-state index is 4.86. The van der Waals surface area contributed by atoms with Crippen LogP contribution in [0, 0.1) is 20.8 Å². The fourth-order valence-electron chi connectivity index (χ4n) is 3.34. The number of para-hydroxylation sites is 1. The molecular weight excluding hydrogens is 344 g/mol. The molecule has 26 heavy (non-hydrogen) atoms. The molecule has 7 heteroatoms. The van der Waals surface area contributed by atoms with E-state index in [1.165, 1.54) is 9.75 Å². The lowest BCUT2D eigenvalue weighted by molar-refractivity contribution is 0.865. The summed E-state index contributed by atoms with van der Waals surface area (Å²) in [6.07, 6.45) is 1.99. The quantitative estimate of drug-likeness (QED) is 0.509. The third kappa shape index (κ3) is 2.17. The van der Waals surface area contributed by atoms with Gasteiger partial charge in [-0.3, -0.25) is 0 Å². The van der Waals surface area contributed by atoms with Crippen LogP contribution in [0.1, 0.15) is 15.6 Å². The zero-order chi connectivity index (χ0) is 17.8. The SMILES string of the molecule is Cc1cc(-c2nn3c(C)nnc3nc2-c2c[nH]c3ccccc23)c(C)s1. The van der Waals surface area contributed by atoms with Crippen molar-refractivity contribution in [3.63, 3.8) is 0 Å². The Bertz CT molecular complexity index is 1280. The van der Waals surface area contributed by atoms with Crippen LogP contribution >= 0.6 is 11.3 Å². The van der Waals surface area contributed by atoms with E-state index in [4.69, 9.17) is 10.1 Å². The minimum atomic E-state index is 0.510. The zero-order valence-electron chi connectivity index (χ0n) is 14.6. The minimum Gasteiger partial charge on any atom is -0.360 e. The zero-order valence-corrected chi connectivity index (χ0v) is 15.4. The maximum Gasteiger partial charge on any atom is 0.272 e. The van der Waals surface area contributed by atoms with Gasteiger partial charge in [0.1, 0.15) is 11.4 Å². The van der Waals surface area contributed by atoms with Gasteiger partial charge in [-0.25, -0.2) is 4.98 Å². The number of rotatable bonds is 2. The molecule has 1 N–H and O–H groups in total. The van der Waals surface area contributed by atoms with Crippen LogP contribution in [-0.2, 0) is 0 Å². The van der Waals surface area contributed by atoms with Crippen molar-refractivity contribution in [3.8, 4) is 22.5 Å². The van der Waals surface area contributed by atoms with Crippen LogP contribution in [0.4, 0.5) is 0 Å². The third-order valence-corrected chi connectivity index (χ3v) is 5.52. The van der Waals surface area contributed by atoms with Gasteiger partial charge in [0, 0.05) is 38.0 Å². The van der Waals surface area contributed by atoms with Gasteiger partial charge in [-0.15, -0.1) is 21.5 Å². The molecule has 0 unspecified atom stereocenters. The Morgan fingerprint density at radius 3 is 2.65 bits per heavy atom. The number of thiophene rings is 1. The normalized spacial score (nSPS) is 11.7. The molecule has 128 valence electrons. The van der Waals surface area contributed by atoms with Crippen LogP contribution < -0.4 is 0 Å². The Morgan fingerprint density at radius 1 is 1.00 bits per heavy atom. The summed E-state index contributed by atoms with van der Waals surface area (Å²) in [6.45, 7) is 6.12. The number of nitrogens with zero attached hydrogens (tertiary/aromatic N) is 5. The predicted octanol–water partition coefficient (Wildman–Crippen LogP) is 4.32. The summed E-state index contributed by atoms with van der Waals surface area (Å²) in [5, 5.41) is 14.3. The number of aryl methyl sites for hydroxylation is 3. The summed E-state index contributed by atoms with van der Waals surface area (Å²) in [6, 6.07) is 10.4. The molecule has 4 aromatic heterocycles. The number of aromatic amines is 1. The molecule has 0 bridgehead atoms. The van der Waals surface area contributed by atoms with E-state index in [0.29, 0.717) is 5.78 Å². The lowest BCUT2D eigenvalue weighted by Crippen LogP contribution is -2.03. The predicted molar refractivity (Wildman–Crippen MR) is 103 cm³/mol. The standard InChI is InChI=1S/C19H16N6S/c1-10-8-14(11(2)26-10)18-17(21-19-23-22-12(3)25(19)24-18)15-9-20-16-7-5-4-6-13(15)16/h4-9,20H,1-3H3. The van der Waals surface area contributed by atoms with Crippen LogP contribution in [0.2, 0.25) is 0 Å². The largest absolute Gasteiger partial charge is 0.360 e. The van der Waals surface area contributed by atoms with E-state index in [1.54, 1.807) is 15.9 Å². The molecule has 1 aromatic carbocycles. The van der Waals surface area contributed by atoms with E-state index >= 15 is 0 Å². The fraction of sp³-hybridized carbons (Fsp3) is 0.158. The molecule has 0 spiro atoms. The first-order valence-electron chi connectivity index (χ1n) is 8.36. The van der Waals surface area contributed by atoms with Crippen molar-refractivity contribution in [3.05, 3.63) is 52.1 Å². The molecule has 0 aliphatic carbocycles. The second-order valence-electron chi connectivity index (χ2n) is 6.34. The molecule has 5 aromatic rings. The van der Waals surface area contributed by atoms with E-state index in [9.17, 15) is 0 Å². The molecule has 0 radical (unpaired) electrons. The number of hydrogen-bond acceptors (Lipinski definition) is 5. The average Bonchev–Trinajstić information content (AvgIpc) is 3.31. The molecule has 0 aliphatic rings. The van der Waals surface area contributed by atoms with Crippen LogP contribution in [0.5, 0.6) is 0 Å². The number of H-pyrrole nitrogens is 1. The van der Waals surface area contributed by atoms with Crippen molar-refractivity contribution in [2.75, 3.05) is 0 Å². The van der Waals surface area contributed by atoms with Gasteiger partial charge >= 0.3 is 0 Å². The van der Waals surface area contributed by atoms with E-state index in [-0.39, 0.29) is 0 Å². The highest BCUT2D eigenvalue weighted by Gasteiger charge is 2.20. The number of hydrogen-bond donors (Lipinski definition) is 1. The lowest BCUT2D eigenvalue weighted by Gasteiger charge is -2.08. The Balaban J connectivity index is 1.89. The Kier molecular flexibility index (Phi) is 3.20. The first-order chi connectivity index (χ1) is 12.6. The summed E-state index contributed by atoms with van der Waals surface area (Å²) in [4.78, 5) is 10.6. The average molecular weight is 360 g/mol. The smallest absolute Gasteiger partial charge is 0.272 e. The Hall–Kier alpha value is -3.06. The molecule has 6 nitrogen and oxygen atoms in total. The molecule has 0 fully saturated rings. The monoisotopic (exact) mass is 360 g/mol. The topological polar surface area (TPSA) is 71.8 Å². The summed E-state index contributed by atoms with van der Waals surface area (Å²) < 4.78 is 1.71. The van der Waals surface area contributed by atoms with Crippen molar-refractivity contribution in [1.29, 1.82) is 0 Å². The van der Waals surface area contributed by atoms with E-state index in [1.807, 2.05) is 25.3 Å². The number of aromatic nitrogens is 6. The second kappa shape index (κ2) is 5.47. The van der Waals surface area contributed by atoms with Crippen molar-refractivity contribution < 1.29 is 0 Å². The van der Waals surface area contributed by atoms with Crippen LogP contribution in [0.3, 0.4) is 0 Å². The highest BCUT2D eigenvalue weighted by molar-refractivity contribution is 7.12. The van der Waals surface area contributed by atoms with Gasteiger partial charge in [-0.1, -0.05) is 18.2 Å². The summed E-state index contributed by atoms with van der Waals surface area (Å²) in [5.41, 5.74) is 4.88. The number of benzene rings is 1. The van der Waals surface area contributed by atoms with Crippen molar-refractivity contribution >= 4 is 28.0 Å². The second-order valence-corrected chi connectivity index (χ2v) is 7.80. The van der Waals surface area contributed by atoms with Crippen molar-refractivity contribution in [1.82, 2.24) is 29.8 Å². The van der Waals surface area contributed by atoms with E-state index in [0.717, 1.165) is 39.2 Å². The van der Waals surface area contributed by atoms with E-state index < -0.39 is 0 Å². The van der Waals surface area contributed by atoms with Gasteiger partial charge in [0.2, 0.25) is 0 Å². The highest BCUT2D eigenvalue weighted by atomic mass is 32.1. The molecule has 0 aliphatic heterocycles. The molecule has 0 saturated heterocycles. The Morgan fingerprint density at radius 2 is 1.85 bits per heavy atom. The van der Waals surface area contributed by atoms with Gasteiger partial charge < -0.3 is 4.98 Å². The van der Waals surface area contributed by atoms with Crippen LogP contribution in [0.15, 0.2) is 36.5 Å². The third-order valence-electron chi connectivity index (χ3n) is 4.56. The highest BCUT2D eigenvalue weighted by Crippen LogP contribution is 2.37. The summed E-state index contributed by atoms with van der Waals surface area (Å²) in [7, 11) is 0. The van der Waals surface area contributed by atoms with Gasteiger partial charge in [0.25, 0.3) is 5.78 Å². The first-order valence-corrected chi connectivity index (χ1v) is 9.17. The van der Waals surface area contributed by atoms with Crippen LogP contribution in [0.25, 0.3) is 39.2 Å². The van der Waals surface area contributed by atoms with Crippen molar-refractivity contribution in [2.45, 2.75) is 20.8 Å². The molecule has 4 heterocycles. The van der Waals surface area contributed by atoms with Crippen LogP contribution in [-0.4, -0.2) is 29.8 Å². The molecule has 0 amide bonds. The maximum absolute atomic E-state index is 4.86. The van der Waals surface area contributed by atoms with Gasteiger partial charge in [-0.2, -0.15) is 9.61 Å². The minimum absolute atomic E-state index is 0.510. The van der Waals surface area contributed by atoms with Gasteiger partial charge in [0.05, 0.1) is 0 Å². The molecule has 0 atom stereocenters. The van der Waals surface area contributed by atoms with Gasteiger partial charge in [-0.05, 0) is 32.9 Å². The molecule has 0 saturated carbocycles. The Labute approximate surface area is 153 Å². The number of fused-ring (bicyclic) bond motifs is 2. The molecular formula is C19H16N6S. The molecule has 5 rings (SSSR count). The fourth-order valence-corrected chi connectivity index (χ4v) is 4.26.